The first-order chi connectivity index (χ1) is 11.6. The Kier molecular flexibility index (Phi) is 6.82. The maximum atomic E-state index is 9.59. The van der Waals surface area contributed by atoms with Gasteiger partial charge in [-0.1, -0.05) is 23.3 Å². The fourth-order valence-corrected chi connectivity index (χ4v) is 2.46. The van der Waals surface area contributed by atoms with E-state index in [1.165, 1.54) is 17.5 Å². The van der Waals surface area contributed by atoms with Gasteiger partial charge in [0.25, 0.3) is 0 Å². The van der Waals surface area contributed by atoms with Gasteiger partial charge in [0, 0.05) is 17.8 Å². The van der Waals surface area contributed by atoms with Crippen molar-refractivity contribution in [3.8, 4) is 11.3 Å². The number of aromatic nitrogens is 1. The zero-order valence-electron chi connectivity index (χ0n) is 14.7. The molecular weight excluding hydrogens is 300 g/mol. The molecule has 0 fully saturated rings. The molecule has 0 amide bonds. The Labute approximate surface area is 143 Å². The van der Waals surface area contributed by atoms with Crippen LogP contribution in [0.4, 0.5) is 5.69 Å². The fourth-order valence-electron chi connectivity index (χ4n) is 2.46. The van der Waals surface area contributed by atoms with Gasteiger partial charge in [-0.25, -0.2) is 4.98 Å². The predicted molar refractivity (Wildman–Crippen MR) is 98.8 cm³/mol. The summed E-state index contributed by atoms with van der Waals surface area (Å²) in [4.78, 5) is 3.92. The summed E-state index contributed by atoms with van der Waals surface area (Å²) in [6.07, 6.45) is 9.69. The molecule has 0 aliphatic carbocycles. The first-order valence-corrected chi connectivity index (χ1v) is 8.25. The van der Waals surface area contributed by atoms with Crippen molar-refractivity contribution in [3.63, 3.8) is 0 Å². The average molecular weight is 326 g/mol. The largest absolute Gasteiger partial charge is 0.444 e. The molecule has 1 aromatic heterocycles. The van der Waals surface area contributed by atoms with Crippen molar-refractivity contribution in [2.75, 3.05) is 11.9 Å². The molecule has 0 aliphatic rings. The molecule has 0 atom stereocenters. The molecule has 0 aliphatic heterocycles. The lowest BCUT2D eigenvalue weighted by molar-refractivity contribution is 0.282. The Hall–Kier alpha value is -2.33. The van der Waals surface area contributed by atoms with Crippen LogP contribution in [-0.2, 0) is 6.61 Å². The molecule has 0 saturated heterocycles. The third kappa shape index (κ3) is 5.39. The maximum Gasteiger partial charge on any atom is 0.181 e. The summed E-state index contributed by atoms with van der Waals surface area (Å²) in [5, 5.41) is 13.0. The highest BCUT2D eigenvalue weighted by Gasteiger charge is 2.08. The maximum absolute atomic E-state index is 9.59. The van der Waals surface area contributed by atoms with Gasteiger partial charge in [-0.3, -0.25) is 0 Å². The quantitative estimate of drug-likeness (QED) is 0.675. The minimum atomic E-state index is -0.0386. The molecule has 2 aromatic rings. The SMILES string of the molecule is CC(C)=CCC/C(C)=C\CNc1ccc(-c2cnco2)c(CO)c1. The molecule has 0 radical (unpaired) electrons. The van der Waals surface area contributed by atoms with Crippen molar-refractivity contribution in [1.29, 1.82) is 0 Å². The van der Waals surface area contributed by atoms with Crippen molar-refractivity contribution in [2.45, 2.75) is 40.2 Å². The molecule has 0 spiro atoms. The Bertz CT molecular complexity index is 696. The zero-order valence-corrected chi connectivity index (χ0v) is 14.7. The Morgan fingerprint density at radius 2 is 2.08 bits per heavy atom. The van der Waals surface area contributed by atoms with Gasteiger partial charge >= 0.3 is 0 Å². The van der Waals surface area contributed by atoms with Crippen LogP contribution in [0.3, 0.4) is 0 Å². The smallest absolute Gasteiger partial charge is 0.181 e. The number of benzene rings is 1. The average Bonchev–Trinajstić information content (AvgIpc) is 3.08. The van der Waals surface area contributed by atoms with E-state index in [4.69, 9.17) is 4.42 Å². The molecule has 1 aromatic carbocycles. The summed E-state index contributed by atoms with van der Waals surface area (Å²) in [7, 11) is 0. The Morgan fingerprint density at radius 3 is 2.75 bits per heavy atom. The summed E-state index contributed by atoms with van der Waals surface area (Å²) >= 11 is 0. The topological polar surface area (TPSA) is 58.3 Å². The van der Waals surface area contributed by atoms with Crippen molar-refractivity contribution in [3.05, 3.63) is 59.7 Å². The van der Waals surface area contributed by atoms with Crippen LogP contribution < -0.4 is 5.32 Å². The Balaban J connectivity index is 1.95. The molecule has 2 rings (SSSR count). The van der Waals surface area contributed by atoms with E-state index in [1.807, 2.05) is 18.2 Å². The second kappa shape index (κ2) is 9.08. The number of anilines is 1. The van der Waals surface area contributed by atoms with Crippen LogP contribution in [-0.4, -0.2) is 16.6 Å². The number of oxazole rings is 1. The number of allylic oxidation sites excluding steroid dienone is 3. The van der Waals surface area contributed by atoms with Gasteiger partial charge in [-0.05, 0) is 57.4 Å². The van der Waals surface area contributed by atoms with Gasteiger partial charge in [0.2, 0.25) is 0 Å². The third-order valence-corrected chi connectivity index (χ3v) is 3.82. The van der Waals surface area contributed by atoms with Crippen molar-refractivity contribution < 1.29 is 9.52 Å². The van der Waals surface area contributed by atoms with E-state index in [9.17, 15) is 5.11 Å². The molecule has 24 heavy (non-hydrogen) atoms. The van der Waals surface area contributed by atoms with Crippen LogP contribution >= 0.6 is 0 Å². The van der Waals surface area contributed by atoms with Gasteiger partial charge in [-0.15, -0.1) is 0 Å². The van der Waals surface area contributed by atoms with Crippen molar-refractivity contribution in [2.24, 2.45) is 0 Å². The first kappa shape index (κ1) is 18.0. The van der Waals surface area contributed by atoms with Crippen LogP contribution in [0.25, 0.3) is 11.3 Å². The molecule has 1 heterocycles. The highest BCUT2D eigenvalue weighted by molar-refractivity contribution is 5.65. The molecule has 4 nitrogen and oxygen atoms in total. The van der Waals surface area contributed by atoms with Gasteiger partial charge in [0.15, 0.2) is 12.2 Å². The van der Waals surface area contributed by atoms with E-state index in [1.54, 1.807) is 6.20 Å². The number of hydrogen-bond acceptors (Lipinski definition) is 4. The molecular formula is C20H26N2O2. The summed E-state index contributed by atoms with van der Waals surface area (Å²) < 4.78 is 5.31. The minimum Gasteiger partial charge on any atom is -0.444 e. The highest BCUT2D eigenvalue weighted by Crippen LogP contribution is 2.26. The summed E-state index contributed by atoms with van der Waals surface area (Å²) in [6, 6.07) is 5.88. The van der Waals surface area contributed by atoms with Gasteiger partial charge in [0.05, 0.1) is 12.8 Å². The normalized spacial score (nSPS) is 11.4. The van der Waals surface area contributed by atoms with E-state index in [-0.39, 0.29) is 6.61 Å². The van der Waals surface area contributed by atoms with Crippen LogP contribution in [0.5, 0.6) is 0 Å². The number of aliphatic hydroxyl groups excluding tert-OH is 1. The second-order valence-corrected chi connectivity index (χ2v) is 6.15. The monoisotopic (exact) mass is 326 g/mol. The molecule has 0 saturated carbocycles. The van der Waals surface area contributed by atoms with E-state index < -0.39 is 0 Å². The van der Waals surface area contributed by atoms with Gasteiger partial charge in [-0.2, -0.15) is 0 Å². The van der Waals surface area contributed by atoms with Crippen molar-refractivity contribution in [1.82, 2.24) is 4.98 Å². The highest BCUT2D eigenvalue weighted by atomic mass is 16.3. The summed E-state index contributed by atoms with van der Waals surface area (Å²) in [6.45, 7) is 7.15. The molecule has 128 valence electrons. The van der Waals surface area contributed by atoms with Gasteiger partial charge < -0.3 is 14.8 Å². The van der Waals surface area contributed by atoms with Crippen molar-refractivity contribution >= 4 is 5.69 Å². The second-order valence-electron chi connectivity index (χ2n) is 6.15. The van der Waals surface area contributed by atoms with Crippen LogP contribution in [0.1, 0.15) is 39.2 Å². The minimum absolute atomic E-state index is 0.0386. The lowest BCUT2D eigenvalue weighted by Gasteiger charge is -2.09. The number of aliphatic hydroxyl groups is 1. The summed E-state index contributed by atoms with van der Waals surface area (Å²) in [5.74, 6) is 0.667. The van der Waals surface area contributed by atoms with E-state index in [2.05, 4.69) is 43.2 Å². The molecule has 4 heteroatoms. The summed E-state index contributed by atoms with van der Waals surface area (Å²) in [5.41, 5.74) is 5.41. The lowest BCUT2D eigenvalue weighted by Crippen LogP contribution is -2.00. The van der Waals surface area contributed by atoms with Gasteiger partial charge in [0.1, 0.15) is 0 Å². The first-order valence-electron chi connectivity index (χ1n) is 8.25. The number of nitrogens with zero attached hydrogens (tertiary/aromatic N) is 1. The van der Waals surface area contributed by atoms with E-state index in [0.717, 1.165) is 36.2 Å². The zero-order chi connectivity index (χ0) is 17.4. The molecule has 0 unspecified atom stereocenters. The Morgan fingerprint density at radius 1 is 1.25 bits per heavy atom. The van der Waals surface area contributed by atoms with E-state index >= 15 is 0 Å². The standard InChI is InChI=1S/C20H26N2O2/c1-15(2)5-4-6-16(3)9-10-22-18-7-8-19(17(11-18)13-23)20-12-21-14-24-20/h5,7-9,11-12,14,22-23H,4,6,10,13H2,1-3H3/b16-9-. The fraction of sp³-hybridized carbons (Fsp3) is 0.350. The lowest BCUT2D eigenvalue weighted by atomic mass is 10.1. The van der Waals surface area contributed by atoms with Crippen LogP contribution in [0.15, 0.2) is 58.5 Å². The third-order valence-electron chi connectivity index (χ3n) is 3.82. The molecule has 2 N–H and O–H groups in total. The molecule has 0 bridgehead atoms. The number of nitrogens with one attached hydrogen (secondary N) is 1. The predicted octanol–water partition coefficient (Wildman–Crippen LogP) is 4.94. The van der Waals surface area contributed by atoms with E-state index in [0.29, 0.717) is 5.76 Å². The van der Waals surface area contributed by atoms with Crippen LogP contribution in [0.2, 0.25) is 0 Å². The number of hydrogen-bond donors (Lipinski definition) is 2. The van der Waals surface area contributed by atoms with Crippen LogP contribution in [0, 0.1) is 0 Å². The number of rotatable bonds is 8.